The zero-order chi connectivity index (χ0) is 14.8. The van der Waals surface area contributed by atoms with Gasteiger partial charge in [0.2, 0.25) is 10.0 Å². The van der Waals surface area contributed by atoms with Crippen molar-refractivity contribution >= 4 is 27.8 Å². The summed E-state index contributed by atoms with van der Waals surface area (Å²) in [4.78, 5) is 11.3. The third-order valence-electron chi connectivity index (χ3n) is 3.74. The SMILES string of the molecule is CCCC1SCC(C(=O)O)N1S(=O)(=O)C1CCOCC1. The Morgan fingerprint density at radius 1 is 1.40 bits per heavy atom. The monoisotopic (exact) mass is 323 g/mol. The molecule has 0 saturated carbocycles. The Hall–Kier alpha value is -0.310. The number of rotatable bonds is 5. The van der Waals surface area contributed by atoms with Crippen molar-refractivity contribution in [3.63, 3.8) is 0 Å². The number of nitrogens with zero attached hydrogens (tertiary/aromatic N) is 1. The molecule has 0 bridgehead atoms. The first-order valence-corrected chi connectivity index (χ1v) is 9.48. The number of carboxylic acid groups (broad SMARTS) is 1. The molecule has 20 heavy (non-hydrogen) atoms. The molecule has 2 unspecified atom stereocenters. The molecule has 0 aromatic rings. The van der Waals surface area contributed by atoms with E-state index in [-0.39, 0.29) is 5.37 Å². The number of ether oxygens (including phenoxy) is 1. The minimum atomic E-state index is -3.58. The summed E-state index contributed by atoms with van der Waals surface area (Å²) in [6.07, 6.45) is 2.43. The van der Waals surface area contributed by atoms with Crippen LogP contribution in [0.15, 0.2) is 0 Å². The van der Waals surface area contributed by atoms with Crippen molar-refractivity contribution in [3.05, 3.63) is 0 Å². The number of sulfonamides is 1. The van der Waals surface area contributed by atoms with Crippen molar-refractivity contribution in [2.24, 2.45) is 0 Å². The molecule has 8 heteroatoms. The molecule has 6 nitrogen and oxygen atoms in total. The number of thioether (sulfide) groups is 1. The third-order valence-corrected chi connectivity index (χ3v) is 7.64. The summed E-state index contributed by atoms with van der Waals surface area (Å²) in [6, 6.07) is -0.926. The van der Waals surface area contributed by atoms with Crippen molar-refractivity contribution in [3.8, 4) is 0 Å². The van der Waals surface area contributed by atoms with Crippen LogP contribution in [0.25, 0.3) is 0 Å². The van der Waals surface area contributed by atoms with E-state index in [4.69, 9.17) is 4.74 Å². The molecular weight excluding hydrogens is 302 g/mol. The first-order chi connectivity index (χ1) is 9.48. The van der Waals surface area contributed by atoms with Crippen LogP contribution >= 0.6 is 11.8 Å². The molecule has 1 N–H and O–H groups in total. The molecule has 0 aromatic heterocycles. The topological polar surface area (TPSA) is 83.9 Å². The lowest BCUT2D eigenvalue weighted by molar-refractivity contribution is -0.140. The van der Waals surface area contributed by atoms with E-state index in [0.717, 1.165) is 6.42 Å². The van der Waals surface area contributed by atoms with Crippen LogP contribution in [0.2, 0.25) is 0 Å². The molecule has 2 fully saturated rings. The van der Waals surface area contributed by atoms with Gasteiger partial charge in [0.05, 0.1) is 10.6 Å². The maximum absolute atomic E-state index is 12.8. The van der Waals surface area contributed by atoms with Gasteiger partial charge < -0.3 is 9.84 Å². The number of hydrogen-bond acceptors (Lipinski definition) is 5. The number of aliphatic carboxylic acids is 1. The van der Waals surface area contributed by atoms with E-state index in [1.54, 1.807) is 0 Å². The zero-order valence-corrected chi connectivity index (χ0v) is 13.2. The molecule has 0 amide bonds. The molecule has 2 saturated heterocycles. The van der Waals surface area contributed by atoms with Crippen LogP contribution in [0.5, 0.6) is 0 Å². The van der Waals surface area contributed by atoms with Gasteiger partial charge in [0, 0.05) is 19.0 Å². The number of hydrogen-bond donors (Lipinski definition) is 1. The summed E-state index contributed by atoms with van der Waals surface area (Å²) < 4.78 is 32.0. The maximum atomic E-state index is 12.8. The lowest BCUT2D eigenvalue weighted by Crippen LogP contribution is -2.50. The van der Waals surface area contributed by atoms with Crippen LogP contribution < -0.4 is 0 Å². The summed E-state index contributed by atoms with van der Waals surface area (Å²) >= 11 is 1.44. The van der Waals surface area contributed by atoms with Gasteiger partial charge in [-0.05, 0) is 19.3 Å². The van der Waals surface area contributed by atoms with E-state index in [0.29, 0.717) is 38.2 Å². The zero-order valence-electron chi connectivity index (χ0n) is 11.5. The van der Waals surface area contributed by atoms with E-state index >= 15 is 0 Å². The van der Waals surface area contributed by atoms with Gasteiger partial charge in [-0.25, -0.2) is 8.42 Å². The molecule has 2 aliphatic heterocycles. The predicted octanol–water partition coefficient (Wildman–Crippen LogP) is 1.12. The normalized spacial score (nSPS) is 29.6. The molecular formula is C12H21NO5S2. The smallest absolute Gasteiger partial charge is 0.322 e. The summed E-state index contributed by atoms with van der Waals surface area (Å²) in [5, 5.41) is 8.54. The third kappa shape index (κ3) is 3.13. The van der Waals surface area contributed by atoms with Crippen LogP contribution in [0.4, 0.5) is 0 Å². The number of carboxylic acids is 1. The first-order valence-electron chi connectivity index (χ1n) is 6.93. The Bertz CT molecular complexity index is 447. The van der Waals surface area contributed by atoms with Crippen LogP contribution in [0, 0.1) is 0 Å². The standard InChI is InChI=1S/C12H21NO5S2/c1-2-3-11-13(10(8-19-11)12(14)15)20(16,17)9-4-6-18-7-5-9/h9-11H,2-8H2,1H3,(H,14,15). The molecule has 2 atom stereocenters. The Labute approximate surface area is 123 Å². The quantitative estimate of drug-likeness (QED) is 0.816. The average Bonchev–Trinajstić information content (AvgIpc) is 2.85. The highest BCUT2D eigenvalue weighted by molar-refractivity contribution is 8.01. The molecule has 2 aliphatic rings. The predicted molar refractivity (Wildman–Crippen MR) is 77.2 cm³/mol. The first kappa shape index (κ1) is 16.1. The Morgan fingerprint density at radius 3 is 2.60 bits per heavy atom. The average molecular weight is 323 g/mol. The van der Waals surface area contributed by atoms with Gasteiger partial charge in [-0.15, -0.1) is 11.8 Å². The van der Waals surface area contributed by atoms with Crippen molar-refractivity contribution in [1.82, 2.24) is 4.31 Å². The summed E-state index contributed by atoms with van der Waals surface area (Å²) in [6.45, 7) is 2.84. The van der Waals surface area contributed by atoms with Crippen molar-refractivity contribution in [1.29, 1.82) is 0 Å². The molecule has 0 radical (unpaired) electrons. The fourth-order valence-electron chi connectivity index (χ4n) is 2.67. The van der Waals surface area contributed by atoms with Gasteiger partial charge >= 0.3 is 5.97 Å². The Balaban J connectivity index is 2.25. The van der Waals surface area contributed by atoms with Gasteiger partial charge in [0.25, 0.3) is 0 Å². The molecule has 0 aliphatic carbocycles. The van der Waals surface area contributed by atoms with Crippen LogP contribution in [-0.4, -0.2) is 59.4 Å². The van der Waals surface area contributed by atoms with E-state index in [2.05, 4.69) is 0 Å². The second-order valence-electron chi connectivity index (χ2n) is 5.12. The molecule has 0 spiro atoms. The fraction of sp³-hybridized carbons (Fsp3) is 0.917. The minimum Gasteiger partial charge on any atom is -0.480 e. The van der Waals surface area contributed by atoms with Crippen molar-refractivity contribution in [2.45, 2.75) is 49.3 Å². The van der Waals surface area contributed by atoms with Crippen LogP contribution in [0.1, 0.15) is 32.6 Å². The molecule has 116 valence electrons. The van der Waals surface area contributed by atoms with Crippen LogP contribution in [-0.2, 0) is 19.6 Å². The summed E-state index contributed by atoms with van der Waals surface area (Å²) in [5.74, 6) is -0.714. The van der Waals surface area contributed by atoms with Crippen molar-refractivity contribution < 1.29 is 23.1 Å². The molecule has 2 rings (SSSR count). The Kier molecular flexibility index (Phi) is 5.33. The van der Waals surface area contributed by atoms with Gasteiger partial charge in [0.1, 0.15) is 6.04 Å². The summed E-state index contributed by atoms with van der Waals surface area (Å²) in [7, 11) is -3.58. The summed E-state index contributed by atoms with van der Waals surface area (Å²) in [5.41, 5.74) is 0. The molecule has 2 heterocycles. The van der Waals surface area contributed by atoms with E-state index in [9.17, 15) is 18.3 Å². The molecule has 0 aromatic carbocycles. The highest BCUT2D eigenvalue weighted by Gasteiger charge is 2.48. The van der Waals surface area contributed by atoms with Gasteiger partial charge in [-0.2, -0.15) is 4.31 Å². The highest BCUT2D eigenvalue weighted by Crippen LogP contribution is 2.37. The fourth-order valence-corrected chi connectivity index (χ4v) is 6.80. The van der Waals surface area contributed by atoms with Gasteiger partial charge in [-0.1, -0.05) is 13.3 Å². The van der Waals surface area contributed by atoms with Crippen LogP contribution in [0.3, 0.4) is 0 Å². The number of carbonyl (C=O) groups is 1. The second kappa shape index (κ2) is 6.64. The van der Waals surface area contributed by atoms with Gasteiger partial charge in [-0.3, -0.25) is 4.79 Å². The second-order valence-corrected chi connectivity index (χ2v) is 8.45. The van der Waals surface area contributed by atoms with Gasteiger partial charge in [0.15, 0.2) is 0 Å². The largest absolute Gasteiger partial charge is 0.480 e. The van der Waals surface area contributed by atoms with Crippen molar-refractivity contribution in [2.75, 3.05) is 19.0 Å². The van der Waals surface area contributed by atoms with E-state index in [1.165, 1.54) is 16.1 Å². The highest BCUT2D eigenvalue weighted by atomic mass is 32.2. The van der Waals surface area contributed by atoms with E-state index in [1.807, 2.05) is 6.92 Å². The van der Waals surface area contributed by atoms with E-state index < -0.39 is 27.3 Å². The lowest BCUT2D eigenvalue weighted by atomic mass is 10.2. The minimum absolute atomic E-state index is 0.242. The Morgan fingerprint density at radius 2 is 2.05 bits per heavy atom. The maximum Gasteiger partial charge on any atom is 0.322 e. The lowest BCUT2D eigenvalue weighted by Gasteiger charge is -2.32.